The minimum Gasteiger partial charge on any atom is -0.0980 e. The molecule has 48 valence electrons. The van der Waals surface area contributed by atoms with Gasteiger partial charge in [-0.2, -0.15) is 0 Å². The molecule has 9 heavy (non-hydrogen) atoms. The largest absolute Gasteiger partial charge is 0.0980 e. The van der Waals surface area contributed by atoms with Crippen LogP contribution in [0.5, 0.6) is 0 Å². The molecule has 0 fully saturated rings. The molecule has 0 aliphatic carbocycles. The maximum Gasteiger partial charge on any atom is 0.00438 e. The number of allylic oxidation sites excluding steroid dienone is 2. The van der Waals surface area contributed by atoms with Gasteiger partial charge in [0.25, 0.3) is 0 Å². The summed E-state index contributed by atoms with van der Waals surface area (Å²) in [6.07, 6.45) is 3.39. The molecule has 0 heterocycles. The fraction of sp³-hybridized carbons (Fsp3) is 0. The van der Waals surface area contributed by atoms with E-state index < -0.39 is 0 Å². The zero-order chi connectivity index (χ0) is 7.28. The van der Waals surface area contributed by atoms with Crippen LogP contribution in [0.1, 0.15) is 0 Å². The molecule has 1 heteroatoms. The Morgan fingerprint density at radius 3 is 1.56 bits per heavy atom. The Labute approximate surface area is 60.7 Å². The van der Waals surface area contributed by atoms with Crippen molar-refractivity contribution in [3.8, 4) is 0 Å². The van der Waals surface area contributed by atoms with Crippen LogP contribution >= 0.6 is 11.8 Å². The molecule has 0 saturated carbocycles. The van der Waals surface area contributed by atoms with E-state index in [1.165, 1.54) is 11.8 Å². The van der Waals surface area contributed by atoms with E-state index in [9.17, 15) is 0 Å². The summed E-state index contributed by atoms with van der Waals surface area (Å²) in [6.45, 7) is 14.5. The quantitative estimate of drug-likeness (QED) is 0.538. The second kappa shape index (κ2) is 4.21. The fourth-order valence-corrected chi connectivity index (χ4v) is 0.755. The summed E-state index contributed by atoms with van der Waals surface area (Å²) in [5, 5.41) is 0. The van der Waals surface area contributed by atoms with Crippen LogP contribution in [0.2, 0.25) is 0 Å². The summed E-state index contributed by atoms with van der Waals surface area (Å²) in [6, 6.07) is 0. The molecule has 0 rings (SSSR count). The summed E-state index contributed by atoms with van der Waals surface area (Å²) >= 11 is 1.47. The van der Waals surface area contributed by atoms with Crippen molar-refractivity contribution in [1.29, 1.82) is 0 Å². The molecule has 0 aliphatic heterocycles. The topological polar surface area (TPSA) is 0 Å². The van der Waals surface area contributed by atoms with Gasteiger partial charge in [-0.25, -0.2) is 0 Å². The van der Waals surface area contributed by atoms with E-state index in [-0.39, 0.29) is 0 Å². The first kappa shape index (κ1) is 8.31. The van der Waals surface area contributed by atoms with Crippen LogP contribution in [0.3, 0.4) is 0 Å². The summed E-state index contributed by atoms with van der Waals surface area (Å²) < 4.78 is 0. The van der Waals surface area contributed by atoms with Crippen molar-refractivity contribution in [3.63, 3.8) is 0 Å². The lowest BCUT2D eigenvalue weighted by molar-refractivity contribution is 1.99. The zero-order valence-electron chi connectivity index (χ0n) is 5.39. The first-order chi connectivity index (χ1) is 4.20. The SMILES string of the molecule is C=CC(=C)SC(=C)C=C. The zero-order valence-corrected chi connectivity index (χ0v) is 6.21. The van der Waals surface area contributed by atoms with Crippen molar-refractivity contribution in [2.24, 2.45) is 0 Å². The third kappa shape index (κ3) is 3.86. The molecule has 0 atom stereocenters. The van der Waals surface area contributed by atoms with Gasteiger partial charge in [0.2, 0.25) is 0 Å². The average molecular weight is 138 g/mol. The molecule has 0 amide bonds. The van der Waals surface area contributed by atoms with Crippen LogP contribution in [0, 0.1) is 0 Å². The van der Waals surface area contributed by atoms with E-state index in [0.29, 0.717) is 0 Å². The Hall–Kier alpha value is -0.690. The first-order valence-corrected chi connectivity index (χ1v) is 3.33. The first-order valence-electron chi connectivity index (χ1n) is 2.51. The van der Waals surface area contributed by atoms with Crippen LogP contribution < -0.4 is 0 Å². The number of hydrogen-bond acceptors (Lipinski definition) is 1. The van der Waals surface area contributed by atoms with Crippen LogP contribution in [0.15, 0.2) is 48.3 Å². The molecule has 0 unspecified atom stereocenters. The Morgan fingerprint density at radius 2 is 1.33 bits per heavy atom. The molecule has 0 saturated heterocycles. The van der Waals surface area contributed by atoms with Gasteiger partial charge < -0.3 is 0 Å². The molecule has 0 aromatic heterocycles. The highest BCUT2D eigenvalue weighted by Crippen LogP contribution is 2.22. The van der Waals surface area contributed by atoms with Crippen LogP contribution in [0.4, 0.5) is 0 Å². The molecule has 0 N–H and O–H groups in total. The Morgan fingerprint density at radius 1 is 1.00 bits per heavy atom. The Kier molecular flexibility index (Phi) is 3.89. The highest BCUT2D eigenvalue weighted by molar-refractivity contribution is 8.07. The highest BCUT2D eigenvalue weighted by Gasteiger charge is 1.88. The molecular weight excluding hydrogens is 128 g/mol. The van der Waals surface area contributed by atoms with Gasteiger partial charge in [0.15, 0.2) is 0 Å². The minimum absolute atomic E-state index is 0.903. The average Bonchev–Trinajstić information content (AvgIpc) is 1.87. The molecular formula is C8H10S. The van der Waals surface area contributed by atoms with Crippen LogP contribution in [-0.4, -0.2) is 0 Å². The second-order valence-electron chi connectivity index (χ2n) is 1.44. The fourth-order valence-electron chi connectivity index (χ4n) is 0.252. The Balaban J connectivity index is 3.73. The highest BCUT2D eigenvalue weighted by atomic mass is 32.2. The van der Waals surface area contributed by atoms with E-state index in [1.54, 1.807) is 12.2 Å². The van der Waals surface area contributed by atoms with Gasteiger partial charge in [-0.1, -0.05) is 50.2 Å². The van der Waals surface area contributed by atoms with Crippen LogP contribution in [-0.2, 0) is 0 Å². The van der Waals surface area contributed by atoms with E-state index in [2.05, 4.69) is 26.3 Å². The number of hydrogen-bond donors (Lipinski definition) is 0. The van der Waals surface area contributed by atoms with Crippen molar-refractivity contribution in [2.45, 2.75) is 0 Å². The lowest BCUT2D eigenvalue weighted by atomic mass is 10.6. The molecule has 0 spiro atoms. The summed E-state index contributed by atoms with van der Waals surface area (Å²) in [5.74, 6) is 0. The summed E-state index contributed by atoms with van der Waals surface area (Å²) in [7, 11) is 0. The lowest BCUT2D eigenvalue weighted by Gasteiger charge is -1.95. The number of rotatable bonds is 4. The van der Waals surface area contributed by atoms with Gasteiger partial charge in [-0.3, -0.25) is 0 Å². The van der Waals surface area contributed by atoms with E-state index in [1.807, 2.05) is 0 Å². The normalized spacial score (nSPS) is 8.00. The maximum atomic E-state index is 3.70. The Bertz CT molecular complexity index is 136. The van der Waals surface area contributed by atoms with Crippen molar-refractivity contribution in [1.82, 2.24) is 0 Å². The van der Waals surface area contributed by atoms with Gasteiger partial charge in [-0.05, 0) is 0 Å². The minimum atomic E-state index is 0.903. The molecule has 0 radical (unpaired) electrons. The van der Waals surface area contributed by atoms with Crippen molar-refractivity contribution in [3.05, 3.63) is 48.3 Å². The van der Waals surface area contributed by atoms with E-state index in [0.717, 1.165) is 9.81 Å². The monoisotopic (exact) mass is 138 g/mol. The third-order valence-corrected chi connectivity index (χ3v) is 1.58. The lowest BCUT2D eigenvalue weighted by Crippen LogP contribution is -1.65. The van der Waals surface area contributed by atoms with Crippen molar-refractivity contribution < 1.29 is 0 Å². The molecule has 0 bridgehead atoms. The molecule has 0 aliphatic rings. The van der Waals surface area contributed by atoms with Crippen molar-refractivity contribution >= 4 is 11.8 Å². The van der Waals surface area contributed by atoms with Gasteiger partial charge in [0.1, 0.15) is 0 Å². The van der Waals surface area contributed by atoms with Gasteiger partial charge in [-0.15, -0.1) is 0 Å². The smallest absolute Gasteiger partial charge is 0.00438 e. The summed E-state index contributed by atoms with van der Waals surface area (Å²) in [4.78, 5) is 1.81. The van der Waals surface area contributed by atoms with Crippen LogP contribution in [0.25, 0.3) is 0 Å². The van der Waals surface area contributed by atoms with Crippen molar-refractivity contribution in [2.75, 3.05) is 0 Å². The third-order valence-electron chi connectivity index (χ3n) is 0.718. The standard InChI is InChI=1S/C8H10S/c1-5-7(3)9-8(4)6-2/h5-6H,1-4H2. The van der Waals surface area contributed by atoms with Gasteiger partial charge >= 0.3 is 0 Å². The predicted molar refractivity (Wildman–Crippen MR) is 46.3 cm³/mol. The van der Waals surface area contributed by atoms with Gasteiger partial charge in [0.05, 0.1) is 0 Å². The molecule has 0 aromatic carbocycles. The van der Waals surface area contributed by atoms with E-state index in [4.69, 9.17) is 0 Å². The number of thioether (sulfide) groups is 1. The second-order valence-corrected chi connectivity index (χ2v) is 2.70. The summed E-state index contributed by atoms with van der Waals surface area (Å²) in [5.41, 5.74) is 0. The van der Waals surface area contributed by atoms with E-state index >= 15 is 0 Å². The molecule has 0 aromatic rings. The predicted octanol–water partition coefficient (Wildman–Crippen LogP) is 3.12. The van der Waals surface area contributed by atoms with Gasteiger partial charge in [0, 0.05) is 9.81 Å². The maximum absolute atomic E-state index is 3.70. The molecule has 0 nitrogen and oxygen atoms in total.